The summed E-state index contributed by atoms with van der Waals surface area (Å²) in [5, 5.41) is 40.3. The Morgan fingerprint density at radius 1 is 0.923 bits per heavy atom. The maximum Gasteiger partial charge on any atom is 0.231 e. The smallest absolute Gasteiger partial charge is 0.231 e. The highest BCUT2D eigenvalue weighted by molar-refractivity contribution is 5.88. The van der Waals surface area contributed by atoms with Crippen LogP contribution < -0.4 is 10.2 Å². The fraction of sp³-hybridized carbons (Fsp3) is 0.150. The van der Waals surface area contributed by atoms with Crippen molar-refractivity contribution in [2.75, 3.05) is 0 Å². The van der Waals surface area contributed by atoms with Gasteiger partial charge >= 0.3 is 0 Å². The predicted octanol–water partition coefficient (Wildman–Crippen LogP) is 3.09. The van der Waals surface area contributed by atoms with Gasteiger partial charge in [-0.2, -0.15) is 0 Å². The first kappa shape index (κ1) is 16.1. The second-order valence-corrected chi connectivity index (χ2v) is 6.33. The topological polar surface area (TPSA) is 107 Å². The van der Waals surface area contributed by atoms with Crippen LogP contribution in [0, 0.1) is 0 Å². The maximum absolute atomic E-state index is 12.4. The van der Waals surface area contributed by atoms with Crippen LogP contribution in [0.25, 0.3) is 10.8 Å². The molecule has 0 fully saturated rings. The van der Waals surface area contributed by atoms with E-state index in [9.17, 15) is 25.2 Å². The van der Waals surface area contributed by atoms with Gasteiger partial charge < -0.3 is 25.2 Å². The Labute approximate surface area is 148 Å². The minimum atomic E-state index is -0.657. The highest BCUT2D eigenvalue weighted by Gasteiger charge is 2.25. The molecule has 0 amide bonds. The molecule has 0 radical (unpaired) electrons. The first-order chi connectivity index (χ1) is 12.4. The Balaban J connectivity index is 1.86. The van der Waals surface area contributed by atoms with E-state index in [1.54, 1.807) is 18.2 Å². The number of rotatable bonds is 1. The van der Waals surface area contributed by atoms with Crippen molar-refractivity contribution in [1.82, 2.24) is 0 Å². The van der Waals surface area contributed by atoms with E-state index in [1.807, 2.05) is 0 Å². The van der Waals surface area contributed by atoms with Gasteiger partial charge in [0.05, 0.1) is 5.39 Å². The van der Waals surface area contributed by atoms with Crippen LogP contribution in [0.1, 0.15) is 23.7 Å². The Morgan fingerprint density at radius 2 is 1.73 bits per heavy atom. The normalized spacial score (nSPS) is 16.1. The molecule has 1 heterocycles. The van der Waals surface area contributed by atoms with E-state index in [4.69, 9.17) is 4.74 Å². The average Bonchev–Trinajstić information content (AvgIpc) is 2.72. The SMILES string of the molecule is O=c1c(O)cc(C2CCc3c(O)cc(O)cc3O2)cc2cccc(O)c12. The predicted molar refractivity (Wildman–Crippen MR) is 95.0 cm³/mol. The first-order valence-electron chi connectivity index (χ1n) is 8.14. The minimum absolute atomic E-state index is 0.0304. The van der Waals surface area contributed by atoms with Gasteiger partial charge in [0, 0.05) is 17.7 Å². The van der Waals surface area contributed by atoms with E-state index < -0.39 is 17.3 Å². The van der Waals surface area contributed by atoms with Crippen LogP contribution in [0.3, 0.4) is 0 Å². The molecule has 0 saturated carbocycles. The number of benzene rings is 2. The van der Waals surface area contributed by atoms with Crippen LogP contribution in [0.15, 0.2) is 47.3 Å². The molecule has 3 aromatic carbocycles. The Hall–Kier alpha value is -3.41. The molecule has 0 spiro atoms. The number of phenols is 3. The van der Waals surface area contributed by atoms with E-state index >= 15 is 0 Å². The first-order valence-corrected chi connectivity index (χ1v) is 8.14. The van der Waals surface area contributed by atoms with Crippen LogP contribution in [-0.4, -0.2) is 20.4 Å². The molecule has 6 heteroatoms. The minimum Gasteiger partial charge on any atom is -0.508 e. The van der Waals surface area contributed by atoms with E-state index in [0.29, 0.717) is 35.1 Å². The van der Waals surface area contributed by atoms with Gasteiger partial charge in [0.1, 0.15) is 29.1 Å². The van der Waals surface area contributed by atoms with Crippen molar-refractivity contribution in [3.63, 3.8) is 0 Å². The van der Waals surface area contributed by atoms with Crippen LogP contribution in [0.2, 0.25) is 0 Å². The highest BCUT2D eigenvalue weighted by atomic mass is 16.5. The second-order valence-electron chi connectivity index (χ2n) is 6.33. The third-order valence-corrected chi connectivity index (χ3v) is 4.63. The molecule has 4 N–H and O–H groups in total. The average molecular weight is 352 g/mol. The van der Waals surface area contributed by atoms with Crippen molar-refractivity contribution >= 4 is 10.8 Å². The van der Waals surface area contributed by atoms with Gasteiger partial charge in [-0.3, -0.25) is 4.79 Å². The summed E-state index contributed by atoms with van der Waals surface area (Å²) in [7, 11) is 0. The lowest BCUT2D eigenvalue weighted by atomic mass is 9.97. The summed E-state index contributed by atoms with van der Waals surface area (Å²) >= 11 is 0. The quantitative estimate of drug-likeness (QED) is 0.536. The van der Waals surface area contributed by atoms with Gasteiger partial charge in [0.15, 0.2) is 5.75 Å². The molecular weight excluding hydrogens is 336 g/mol. The van der Waals surface area contributed by atoms with Gasteiger partial charge in [0.2, 0.25) is 5.43 Å². The number of hydrogen-bond acceptors (Lipinski definition) is 6. The molecule has 1 atom stereocenters. The number of hydrogen-bond donors (Lipinski definition) is 4. The molecule has 132 valence electrons. The molecule has 3 aromatic rings. The molecule has 6 nitrogen and oxygen atoms in total. The van der Waals surface area contributed by atoms with Crippen molar-refractivity contribution in [1.29, 1.82) is 0 Å². The molecule has 26 heavy (non-hydrogen) atoms. The van der Waals surface area contributed by atoms with E-state index in [1.165, 1.54) is 24.3 Å². The molecule has 0 aliphatic carbocycles. The van der Waals surface area contributed by atoms with Crippen molar-refractivity contribution in [3.8, 4) is 28.7 Å². The molecule has 1 unspecified atom stereocenters. The van der Waals surface area contributed by atoms with Gasteiger partial charge in [0.25, 0.3) is 0 Å². The molecule has 0 aromatic heterocycles. The van der Waals surface area contributed by atoms with Crippen molar-refractivity contribution in [3.05, 3.63) is 63.8 Å². The summed E-state index contributed by atoms with van der Waals surface area (Å²) in [6, 6.07) is 10.4. The lowest BCUT2D eigenvalue weighted by Crippen LogP contribution is -2.15. The van der Waals surface area contributed by atoms with Crippen LogP contribution in [-0.2, 0) is 6.42 Å². The summed E-state index contributed by atoms with van der Waals surface area (Å²) in [5.41, 5.74) is 0.514. The molecule has 1 aliphatic rings. The zero-order chi connectivity index (χ0) is 18.4. The van der Waals surface area contributed by atoms with Gasteiger partial charge in [-0.25, -0.2) is 0 Å². The second kappa shape index (κ2) is 5.84. The van der Waals surface area contributed by atoms with Crippen LogP contribution >= 0.6 is 0 Å². The zero-order valence-corrected chi connectivity index (χ0v) is 13.6. The maximum atomic E-state index is 12.4. The molecule has 0 saturated heterocycles. The molecular formula is C20H16O6. The standard InChI is InChI=1S/C20H16O6/c21-12-8-15(23)13-4-5-17(26-18(13)9-12)11-6-10-2-1-3-14(22)19(10)20(25)16(24)7-11/h1-3,6-9,17,21-23H,4-5H2,(H,24,25). The Kier molecular flexibility index (Phi) is 3.61. The van der Waals surface area contributed by atoms with E-state index in [-0.39, 0.29) is 22.6 Å². The highest BCUT2D eigenvalue weighted by Crippen LogP contribution is 2.42. The van der Waals surface area contributed by atoms with Crippen molar-refractivity contribution < 1.29 is 25.2 Å². The summed E-state index contributed by atoms with van der Waals surface area (Å²) in [6.45, 7) is 0. The molecule has 4 rings (SSSR count). The third-order valence-electron chi connectivity index (χ3n) is 4.63. The van der Waals surface area contributed by atoms with Gasteiger partial charge in [-0.05, 0) is 42.0 Å². The number of phenolic OH excluding ortho intramolecular Hbond substituents is 3. The van der Waals surface area contributed by atoms with E-state index in [2.05, 4.69) is 0 Å². The summed E-state index contributed by atoms with van der Waals surface area (Å²) in [4.78, 5) is 12.4. The summed E-state index contributed by atoms with van der Waals surface area (Å²) in [6.07, 6.45) is 0.550. The monoisotopic (exact) mass is 352 g/mol. The fourth-order valence-electron chi connectivity index (χ4n) is 3.38. The van der Waals surface area contributed by atoms with Gasteiger partial charge in [-0.1, -0.05) is 12.1 Å². The molecule has 1 aliphatic heterocycles. The van der Waals surface area contributed by atoms with Crippen molar-refractivity contribution in [2.24, 2.45) is 0 Å². The number of ether oxygens (including phenoxy) is 1. The largest absolute Gasteiger partial charge is 0.508 e. The lowest BCUT2D eigenvalue weighted by molar-refractivity contribution is 0.174. The summed E-state index contributed by atoms with van der Waals surface area (Å²) in [5.74, 6) is -0.462. The number of fused-ring (bicyclic) bond motifs is 2. The third kappa shape index (κ3) is 2.56. The lowest BCUT2D eigenvalue weighted by Gasteiger charge is -2.26. The molecule has 0 bridgehead atoms. The van der Waals surface area contributed by atoms with E-state index in [0.717, 1.165) is 0 Å². The van der Waals surface area contributed by atoms with Crippen LogP contribution in [0.5, 0.6) is 28.7 Å². The Bertz CT molecular complexity index is 1090. The summed E-state index contributed by atoms with van der Waals surface area (Å²) < 4.78 is 5.90. The zero-order valence-electron chi connectivity index (χ0n) is 13.6. The number of aromatic hydroxyl groups is 4. The Morgan fingerprint density at radius 3 is 2.54 bits per heavy atom. The fourth-order valence-corrected chi connectivity index (χ4v) is 3.38. The van der Waals surface area contributed by atoms with Crippen LogP contribution in [0.4, 0.5) is 0 Å². The van der Waals surface area contributed by atoms with Crippen molar-refractivity contribution in [2.45, 2.75) is 18.9 Å². The van der Waals surface area contributed by atoms with Gasteiger partial charge in [-0.15, -0.1) is 0 Å².